The van der Waals surface area contributed by atoms with Crippen LogP contribution in [0.2, 0.25) is 0 Å². The molecule has 0 bridgehead atoms. The Labute approximate surface area is 41.8 Å². The molecule has 1 rings (SSSR count). The molecule has 0 spiro atoms. The maximum atomic E-state index is 10.2. The minimum Gasteiger partial charge on any atom is -0.267 e. The second kappa shape index (κ2) is 1.18. The molecule has 0 unspecified atom stereocenters. The van der Waals surface area contributed by atoms with Gasteiger partial charge in [0, 0.05) is 0 Å². The molecule has 0 amide bonds. The van der Waals surface area contributed by atoms with Crippen molar-refractivity contribution in [2.75, 3.05) is 11.8 Å². The van der Waals surface area contributed by atoms with Crippen LogP contribution in [-0.2, 0) is 9.84 Å². The number of hydrazine groups is 1. The smallest absolute Gasteiger partial charge is 0.179 e. The van der Waals surface area contributed by atoms with Gasteiger partial charge >= 0.3 is 0 Å². The molecule has 1 aliphatic rings. The van der Waals surface area contributed by atoms with Gasteiger partial charge in [-0.05, 0) is 0 Å². The molecule has 1 heterocycles. The second-order valence-corrected chi connectivity index (χ2v) is 3.59. The quantitative estimate of drug-likeness (QED) is 0.397. The maximum Gasteiger partial charge on any atom is 0.179 e. The standard InChI is InChI=1S/C2H6N2O2S/c3-4-1-7(5,6)2-4/h1-3H2. The maximum absolute atomic E-state index is 10.2. The van der Waals surface area contributed by atoms with Crippen LogP contribution in [0.5, 0.6) is 0 Å². The molecular weight excluding hydrogens is 116 g/mol. The summed E-state index contributed by atoms with van der Waals surface area (Å²) in [6.07, 6.45) is 0. The van der Waals surface area contributed by atoms with Crippen LogP contribution in [0.4, 0.5) is 0 Å². The number of sulfone groups is 1. The summed E-state index contributed by atoms with van der Waals surface area (Å²) in [5.74, 6) is 5.05. The van der Waals surface area contributed by atoms with Crippen LogP contribution in [0.25, 0.3) is 0 Å². The topological polar surface area (TPSA) is 63.4 Å². The number of hydrogen-bond acceptors (Lipinski definition) is 4. The highest BCUT2D eigenvalue weighted by atomic mass is 32.2. The van der Waals surface area contributed by atoms with Gasteiger partial charge in [0.2, 0.25) is 0 Å². The van der Waals surface area contributed by atoms with E-state index in [9.17, 15) is 8.42 Å². The average Bonchev–Trinajstić information content (AvgIpc) is 1.27. The Bertz CT molecular complexity index is 149. The van der Waals surface area contributed by atoms with E-state index in [0.717, 1.165) is 0 Å². The van der Waals surface area contributed by atoms with Gasteiger partial charge < -0.3 is 0 Å². The fourth-order valence-corrected chi connectivity index (χ4v) is 1.40. The summed E-state index contributed by atoms with van der Waals surface area (Å²) >= 11 is 0. The first-order chi connectivity index (χ1) is 3.10. The Morgan fingerprint density at radius 1 is 1.43 bits per heavy atom. The van der Waals surface area contributed by atoms with Gasteiger partial charge in [0.25, 0.3) is 0 Å². The largest absolute Gasteiger partial charge is 0.267 e. The molecule has 0 aromatic rings. The summed E-state index contributed by atoms with van der Waals surface area (Å²) in [6, 6.07) is 0. The highest BCUT2D eigenvalue weighted by molar-refractivity contribution is 7.92. The fraction of sp³-hybridized carbons (Fsp3) is 1.00. The minimum absolute atomic E-state index is 0.0208. The van der Waals surface area contributed by atoms with Gasteiger partial charge in [-0.3, -0.25) is 5.84 Å². The summed E-state index contributed by atoms with van der Waals surface area (Å²) < 4.78 is 20.4. The Morgan fingerprint density at radius 3 is 1.86 bits per heavy atom. The van der Waals surface area contributed by atoms with E-state index in [-0.39, 0.29) is 11.8 Å². The van der Waals surface area contributed by atoms with Crippen LogP contribution in [-0.4, -0.2) is 25.2 Å². The van der Waals surface area contributed by atoms with Crippen LogP contribution < -0.4 is 5.84 Å². The van der Waals surface area contributed by atoms with E-state index in [1.807, 2.05) is 0 Å². The molecule has 1 aliphatic heterocycles. The van der Waals surface area contributed by atoms with Gasteiger partial charge in [0.15, 0.2) is 9.84 Å². The number of hydrogen-bond donors (Lipinski definition) is 1. The Balaban J connectivity index is 2.61. The summed E-state index contributed by atoms with van der Waals surface area (Å²) in [4.78, 5) is 0. The molecule has 1 fully saturated rings. The first-order valence-corrected chi connectivity index (χ1v) is 3.62. The van der Waals surface area contributed by atoms with Crippen molar-refractivity contribution >= 4 is 9.84 Å². The van der Waals surface area contributed by atoms with E-state index in [0.29, 0.717) is 0 Å². The van der Waals surface area contributed by atoms with E-state index in [1.54, 1.807) is 0 Å². The molecule has 4 nitrogen and oxygen atoms in total. The van der Waals surface area contributed by atoms with Crippen molar-refractivity contribution in [1.82, 2.24) is 5.01 Å². The normalized spacial score (nSPS) is 29.3. The van der Waals surface area contributed by atoms with Gasteiger partial charge in [0.05, 0.1) is 0 Å². The molecule has 0 saturated carbocycles. The van der Waals surface area contributed by atoms with Crippen LogP contribution in [0.1, 0.15) is 0 Å². The fourth-order valence-electron chi connectivity index (χ4n) is 0.467. The zero-order valence-electron chi connectivity index (χ0n) is 3.66. The monoisotopic (exact) mass is 122 g/mol. The minimum atomic E-state index is -2.73. The molecular formula is C2H6N2O2S. The summed E-state index contributed by atoms with van der Waals surface area (Å²) in [7, 11) is -2.73. The molecule has 0 aromatic carbocycles. The SMILES string of the molecule is NN1CS(=O)(=O)C1. The van der Waals surface area contributed by atoms with Gasteiger partial charge in [0.1, 0.15) is 11.8 Å². The van der Waals surface area contributed by atoms with Gasteiger partial charge in [-0.25, -0.2) is 13.4 Å². The molecule has 42 valence electrons. The second-order valence-electron chi connectivity index (χ2n) is 1.59. The van der Waals surface area contributed by atoms with Gasteiger partial charge in [-0.15, -0.1) is 0 Å². The summed E-state index contributed by atoms with van der Waals surface area (Å²) in [5, 5.41) is 1.25. The van der Waals surface area contributed by atoms with E-state index < -0.39 is 9.84 Å². The molecule has 0 radical (unpaired) electrons. The van der Waals surface area contributed by atoms with Crippen molar-refractivity contribution in [1.29, 1.82) is 0 Å². The van der Waals surface area contributed by atoms with Crippen LogP contribution in [0, 0.1) is 0 Å². The molecule has 2 N–H and O–H groups in total. The van der Waals surface area contributed by atoms with Crippen molar-refractivity contribution in [2.24, 2.45) is 5.84 Å². The lowest BCUT2D eigenvalue weighted by Crippen LogP contribution is -2.50. The van der Waals surface area contributed by atoms with Crippen LogP contribution in [0.3, 0.4) is 0 Å². The lowest BCUT2D eigenvalue weighted by molar-refractivity contribution is 0.329. The van der Waals surface area contributed by atoms with E-state index in [1.165, 1.54) is 5.01 Å². The first-order valence-electron chi connectivity index (χ1n) is 1.80. The van der Waals surface area contributed by atoms with Crippen LogP contribution >= 0.6 is 0 Å². The third kappa shape index (κ3) is 0.902. The number of nitrogens with zero attached hydrogens (tertiary/aromatic N) is 1. The number of nitrogens with two attached hydrogens (primary N) is 1. The van der Waals surface area contributed by atoms with E-state index >= 15 is 0 Å². The molecule has 5 heteroatoms. The highest BCUT2D eigenvalue weighted by Gasteiger charge is 2.27. The van der Waals surface area contributed by atoms with Gasteiger partial charge in [-0.2, -0.15) is 0 Å². The van der Waals surface area contributed by atoms with Crippen molar-refractivity contribution < 1.29 is 8.42 Å². The predicted molar refractivity (Wildman–Crippen MR) is 24.7 cm³/mol. The lowest BCUT2D eigenvalue weighted by atomic mass is 11.1. The molecule has 0 atom stereocenters. The molecule has 0 aromatic heterocycles. The zero-order chi connectivity index (χ0) is 5.49. The van der Waals surface area contributed by atoms with E-state index in [2.05, 4.69) is 0 Å². The number of rotatable bonds is 0. The van der Waals surface area contributed by atoms with E-state index in [4.69, 9.17) is 5.84 Å². The summed E-state index contributed by atoms with van der Waals surface area (Å²) in [6.45, 7) is 0. The third-order valence-corrected chi connectivity index (χ3v) is 2.18. The Hall–Kier alpha value is -0.130. The zero-order valence-corrected chi connectivity index (χ0v) is 4.48. The van der Waals surface area contributed by atoms with Crippen molar-refractivity contribution in [3.05, 3.63) is 0 Å². The van der Waals surface area contributed by atoms with Crippen molar-refractivity contribution in [3.8, 4) is 0 Å². The molecule has 7 heavy (non-hydrogen) atoms. The average molecular weight is 122 g/mol. The lowest BCUT2D eigenvalue weighted by Gasteiger charge is -2.24. The highest BCUT2D eigenvalue weighted by Crippen LogP contribution is 2.03. The predicted octanol–water partition coefficient (Wildman–Crippen LogP) is -1.49. The Morgan fingerprint density at radius 2 is 1.86 bits per heavy atom. The molecule has 0 aliphatic carbocycles. The third-order valence-electron chi connectivity index (χ3n) is 0.725. The summed E-state index contributed by atoms with van der Waals surface area (Å²) in [5.41, 5.74) is 0. The van der Waals surface area contributed by atoms with Gasteiger partial charge in [-0.1, -0.05) is 0 Å². The van der Waals surface area contributed by atoms with Crippen LogP contribution in [0.15, 0.2) is 0 Å². The Kier molecular flexibility index (Phi) is 0.844. The first kappa shape index (κ1) is 5.02. The van der Waals surface area contributed by atoms with Crippen molar-refractivity contribution in [3.63, 3.8) is 0 Å². The van der Waals surface area contributed by atoms with Crippen molar-refractivity contribution in [2.45, 2.75) is 0 Å². The molecule has 1 saturated heterocycles.